The van der Waals surface area contributed by atoms with E-state index in [4.69, 9.17) is 5.11 Å². The monoisotopic (exact) mass is 179 g/mol. The molecule has 3 heteroatoms. The minimum absolute atomic E-state index is 0.156. The fourth-order valence-electron chi connectivity index (χ4n) is 1.21. The van der Waals surface area contributed by atoms with Gasteiger partial charge in [0.1, 0.15) is 6.73 Å². The van der Waals surface area contributed by atoms with E-state index in [2.05, 4.69) is 0 Å². The van der Waals surface area contributed by atoms with Crippen molar-refractivity contribution in [1.82, 2.24) is 0 Å². The Hall–Kier alpha value is -1.35. The molecule has 0 aliphatic carbocycles. The van der Waals surface area contributed by atoms with Crippen LogP contribution in [0.25, 0.3) is 0 Å². The van der Waals surface area contributed by atoms with E-state index in [0.717, 1.165) is 11.3 Å². The molecule has 0 atom stereocenters. The maximum atomic E-state index is 11.1. The molecule has 1 rings (SSSR count). The zero-order valence-corrected chi connectivity index (χ0v) is 7.82. The van der Waals surface area contributed by atoms with Crippen LogP contribution in [-0.4, -0.2) is 17.7 Å². The topological polar surface area (TPSA) is 40.5 Å². The molecule has 0 saturated carbocycles. The van der Waals surface area contributed by atoms with E-state index in [1.165, 1.54) is 11.8 Å². The maximum absolute atomic E-state index is 11.1. The SMILES string of the molecule is CC(=O)N(CO)c1ccccc1C. The van der Waals surface area contributed by atoms with Gasteiger partial charge in [-0.1, -0.05) is 18.2 Å². The number of rotatable bonds is 2. The Kier molecular flexibility index (Phi) is 3.03. The highest BCUT2D eigenvalue weighted by atomic mass is 16.3. The van der Waals surface area contributed by atoms with Crippen molar-refractivity contribution in [3.8, 4) is 0 Å². The Bertz CT molecular complexity index is 310. The number of aliphatic hydroxyl groups is 1. The van der Waals surface area contributed by atoms with Gasteiger partial charge in [0.05, 0.1) is 0 Å². The van der Waals surface area contributed by atoms with Gasteiger partial charge in [-0.25, -0.2) is 0 Å². The molecule has 0 spiro atoms. The van der Waals surface area contributed by atoms with E-state index in [1.807, 2.05) is 31.2 Å². The van der Waals surface area contributed by atoms with Gasteiger partial charge in [-0.15, -0.1) is 0 Å². The van der Waals surface area contributed by atoms with Gasteiger partial charge < -0.3 is 5.11 Å². The molecule has 13 heavy (non-hydrogen) atoms. The van der Waals surface area contributed by atoms with Crippen molar-refractivity contribution in [2.45, 2.75) is 13.8 Å². The molecule has 1 aromatic rings. The van der Waals surface area contributed by atoms with E-state index in [1.54, 1.807) is 0 Å². The van der Waals surface area contributed by atoms with Gasteiger partial charge in [-0.05, 0) is 18.6 Å². The van der Waals surface area contributed by atoms with Crippen LogP contribution in [0.1, 0.15) is 12.5 Å². The summed E-state index contributed by atoms with van der Waals surface area (Å²) in [6.45, 7) is 3.06. The Balaban J connectivity index is 3.04. The third kappa shape index (κ3) is 2.06. The summed E-state index contributed by atoms with van der Waals surface area (Å²) in [5.41, 5.74) is 1.74. The number of para-hydroxylation sites is 1. The van der Waals surface area contributed by atoms with Gasteiger partial charge in [-0.3, -0.25) is 9.69 Å². The molecule has 0 heterocycles. The van der Waals surface area contributed by atoms with Crippen LogP contribution in [0, 0.1) is 6.92 Å². The van der Waals surface area contributed by atoms with Gasteiger partial charge in [-0.2, -0.15) is 0 Å². The van der Waals surface area contributed by atoms with Crippen LogP contribution in [0.15, 0.2) is 24.3 Å². The Morgan fingerprint density at radius 3 is 2.54 bits per heavy atom. The largest absolute Gasteiger partial charge is 0.376 e. The predicted octanol–water partition coefficient (Wildman–Crippen LogP) is 1.30. The number of hydrogen-bond donors (Lipinski definition) is 1. The van der Waals surface area contributed by atoms with E-state index in [0.29, 0.717) is 0 Å². The summed E-state index contributed by atoms with van der Waals surface area (Å²) in [6, 6.07) is 7.45. The quantitative estimate of drug-likeness (QED) is 0.695. The van der Waals surface area contributed by atoms with Crippen LogP contribution in [0.4, 0.5) is 5.69 Å². The number of carbonyl (C=O) groups is 1. The second-order valence-corrected chi connectivity index (χ2v) is 2.87. The van der Waals surface area contributed by atoms with Crippen LogP contribution in [-0.2, 0) is 4.79 Å². The number of aryl methyl sites for hydroxylation is 1. The van der Waals surface area contributed by atoms with Crippen LogP contribution >= 0.6 is 0 Å². The van der Waals surface area contributed by atoms with Crippen LogP contribution in [0.5, 0.6) is 0 Å². The van der Waals surface area contributed by atoms with Crippen LogP contribution in [0.2, 0.25) is 0 Å². The molecule has 1 N–H and O–H groups in total. The van der Waals surface area contributed by atoms with Gasteiger partial charge >= 0.3 is 0 Å². The Morgan fingerprint density at radius 1 is 1.46 bits per heavy atom. The van der Waals surface area contributed by atoms with E-state index >= 15 is 0 Å². The molecule has 0 aliphatic rings. The fourth-order valence-corrected chi connectivity index (χ4v) is 1.21. The lowest BCUT2D eigenvalue weighted by atomic mass is 10.2. The first-order chi connectivity index (χ1) is 6.16. The summed E-state index contributed by atoms with van der Waals surface area (Å²) < 4.78 is 0. The Morgan fingerprint density at radius 2 is 2.08 bits per heavy atom. The number of hydrogen-bond acceptors (Lipinski definition) is 2. The molecular formula is C10H13NO2. The average molecular weight is 179 g/mol. The minimum Gasteiger partial charge on any atom is -0.376 e. The lowest BCUT2D eigenvalue weighted by molar-refractivity contribution is -0.117. The van der Waals surface area contributed by atoms with E-state index in [-0.39, 0.29) is 12.6 Å². The van der Waals surface area contributed by atoms with Crippen molar-refractivity contribution in [1.29, 1.82) is 0 Å². The van der Waals surface area contributed by atoms with Crippen LogP contribution in [0.3, 0.4) is 0 Å². The second kappa shape index (κ2) is 4.05. The number of carbonyl (C=O) groups excluding carboxylic acids is 1. The van der Waals surface area contributed by atoms with Crippen molar-refractivity contribution in [3.05, 3.63) is 29.8 Å². The van der Waals surface area contributed by atoms with Crippen LogP contribution < -0.4 is 4.90 Å². The lowest BCUT2D eigenvalue weighted by Crippen LogP contribution is -2.29. The van der Waals surface area contributed by atoms with E-state index in [9.17, 15) is 4.79 Å². The number of nitrogens with zero attached hydrogens (tertiary/aromatic N) is 1. The van der Waals surface area contributed by atoms with Gasteiger partial charge in [0.15, 0.2) is 0 Å². The molecule has 3 nitrogen and oxygen atoms in total. The van der Waals surface area contributed by atoms with Crippen molar-refractivity contribution in [2.24, 2.45) is 0 Å². The molecule has 1 amide bonds. The number of benzene rings is 1. The highest BCUT2D eigenvalue weighted by molar-refractivity contribution is 5.91. The normalized spacial score (nSPS) is 9.77. The zero-order valence-electron chi connectivity index (χ0n) is 7.82. The molecular weight excluding hydrogens is 166 g/mol. The Labute approximate surface area is 77.6 Å². The third-order valence-corrected chi connectivity index (χ3v) is 1.93. The molecule has 70 valence electrons. The van der Waals surface area contributed by atoms with Crippen molar-refractivity contribution < 1.29 is 9.90 Å². The van der Waals surface area contributed by atoms with Crippen molar-refractivity contribution in [3.63, 3.8) is 0 Å². The second-order valence-electron chi connectivity index (χ2n) is 2.87. The third-order valence-electron chi connectivity index (χ3n) is 1.93. The van der Waals surface area contributed by atoms with E-state index < -0.39 is 0 Å². The first-order valence-electron chi connectivity index (χ1n) is 4.11. The minimum atomic E-state index is -0.278. The van der Waals surface area contributed by atoms with Crippen molar-refractivity contribution in [2.75, 3.05) is 11.6 Å². The smallest absolute Gasteiger partial charge is 0.225 e. The zero-order chi connectivity index (χ0) is 9.84. The number of amides is 1. The van der Waals surface area contributed by atoms with Gasteiger partial charge in [0.2, 0.25) is 5.91 Å². The summed E-state index contributed by atoms with van der Waals surface area (Å²) in [6.07, 6.45) is 0. The molecule has 0 aromatic heterocycles. The fraction of sp³-hybridized carbons (Fsp3) is 0.300. The number of anilines is 1. The van der Waals surface area contributed by atoms with Gasteiger partial charge in [0.25, 0.3) is 0 Å². The standard InChI is InChI=1S/C10H13NO2/c1-8-5-3-4-6-10(8)11(7-12)9(2)13/h3-6,12H,7H2,1-2H3. The molecule has 0 unspecified atom stereocenters. The first kappa shape index (κ1) is 9.74. The maximum Gasteiger partial charge on any atom is 0.225 e. The summed E-state index contributed by atoms with van der Waals surface area (Å²) >= 11 is 0. The number of aliphatic hydroxyl groups excluding tert-OH is 1. The highest BCUT2D eigenvalue weighted by Crippen LogP contribution is 2.18. The molecule has 0 aliphatic heterocycles. The van der Waals surface area contributed by atoms with Gasteiger partial charge in [0, 0.05) is 12.6 Å². The summed E-state index contributed by atoms with van der Waals surface area (Å²) in [4.78, 5) is 12.4. The molecule has 1 aromatic carbocycles. The summed E-state index contributed by atoms with van der Waals surface area (Å²) in [7, 11) is 0. The molecule has 0 fully saturated rings. The molecule has 0 bridgehead atoms. The van der Waals surface area contributed by atoms with Crippen molar-refractivity contribution >= 4 is 11.6 Å². The average Bonchev–Trinajstić information content (AvgIpc) is 2.09. The molecule has 0 saturated heterocycles. The summed E-state index contributed by atoms with van der Waals surface area (Å²) in [5, 5.41) is 8.98. The first-order valence-corrected chi connectivity index (χ1v) is 4.11. The lowest BCUT2D eigenvalue weighted by Gasteiger charge is -2.19. The highest BCUT2D eigenvalue weighted by Gasteiger charge is 2.10. The predicted molar refractivity (Wildman–Crippen MR) is 51.4 cm³/mol. The molecule has 0 radical (unpaired) electrons. The summed E-state index contributed by atoms with van der Waals surface area (Å²) in [5.74, 6) is -0.156.